The molecule has 0 saturated carbocycles. The van der Waals surface area contributed by atoms with Crippen molar-refractivity contribution in [3.8, 4) is 11.1 Å². The summed E-state index contributed by atoms with van der Waals surface area (Å²) in [6.45, 7) is 5.36. The van der Waals surface area contributed by atoms with Crippen LogP contribution in [-0.2, 0) is 11.3 Å². The van der Waals surface area contributed by atoms with E-state index in [9.17, 15) is 4.79 Å². The monoisotopic (exact) mass is 444 g/mol. The molecule has 2 atom stereocenters. The van der Waals surface area contributed by atoms with Gasteiger partial charge in [0.15, 0.2) is 0 Å². The second-order valence-corrected chi connectivity index (χ2v) is 7.73. The Morgan fingerprint density at radius 2 is 1.86 bits per heavy atom. The van der Waals surface area contributed by atoms with Gasteiger partial charge in [-0.2, -0.15) is 0 Å². The lowest BCUT2D eigenvalue weighted by atomic mass is 9.97. The summed E-state index contributed by atoms with van der Waals surface area (Å²) >= 11 is 0. The van der Waals surface area contributed by atoms with Crippen LogP contribution in [0.1, 0.15) is 18.4 Å². The SMILES string of the molecule is C=C[C@@H]1C[C@@H](OC(=O)NCc2ccccc2-c2ccccc2)CC[N+]1(C)C.[Br-]. The summed E-state index contributed by atoms with van der Waals surface area (Å²) in [5, 5.41) is 2.92. The molecule has 4 nitrogen and oxygen atoms in total. The first-order chi connectivity index (χ1) is 13.0. The standard InChI is InChI=1S/C23H28N2O2.BrH/c1-4-20-16-21(14-15-25(20,2)3)27-23(26)24-17-19-12-8-9-13-22(19)18-10-6-5-7-11-18;/h4-13,20-21H,1,14-17H2,2-3H3;1H/t20-,21+;/m1./s1. The van der Waals surface area contributed by atoms with Crippen molar-refractivity contribution in [1.82, 2.24) is 5.32 Å². The number of halogens is 1. The van der Waals surface area contributed by atoms with Gasteiger partial charge >= 0.3 is 6.09 Å². The zero-order chi connectivity index (χ0) is 19.3. The average molecular weight is 445 g/mol. The van der Waals surface area contributed by atoms with Gasteiger partial charge in [0.1, 0.15) is 12.1 Å². The summed E-state index contributed by atoms with van der Waals surface area (Å²) in [6, 6.07) is 18.6. The van der Waals surface area contributed by atoms with Gasteiger partial charge in [-0.15, -0.1) is 0 Å². The lowest BCUT2D eigenvalue weighted by Gasteiger charge is -2.42. The first kappa shape index (κ1) is 22.2. The van der Waals surface area contributed by atoms with Crippen LogP contribution in [0.15, 0.2) is 67.3 Å². The molecule has 0 spiro atoms. The molecule has 1 fully saturated rings. The van der Waals surface area contributed by atoms with Crippen LogP contribution in [0, 0.1) is 0 Å². The fourth-order valence-corrected chi connectivity index (χ4v) is 3.74. The van der Waals surface area contributed by atoms with E-state index < -0.39 is 0 Å². The fourth-order valence-electron chi connectivity index (χ4n) is 3.74. The molecule has 3 rings (SSSR count). The van der Waals surface area contributed by atoms with Gasteiger partial charge in [0.05, 0.1) is 20.6 Å². The normalized spacial score (nSPS) is 20.5. The molecule has 0 radical (unpaired) electrons. The van der Waals surface area contributed by atoms with Gasteiger partial charge in [0.25, 0.3) is 0 Å². The highest BCUT2D eigenvalue weighted by atomic mass is 79.9. The van der Waals surface area contributed by atoms with Crippen LogP contribution in [0.4, 0.5) is 4.79 Å². The maximum atomic E-state index is 12.3. The van der Waals surface area contributed by atoms with Crippen molar-refractivity contribution in [2.75, 3.05) is 20.6 Å². The van der Waals surface area contributed by atoms with E-state index in [0.29, 0.717) is 12.6 Å². The summed E-state index contributed by atoms with van der Waals surface area (Å²) in [7, 11) is 4.40. The van der Waals surface area contributed by atoms with Crippen LogP contribution in [-0.4, -0.2) is 43.4 Å². The first-order valence-corrected chi connectivity index (χ1v) is 9.52. The van der Waals surface area contributed by atoms with E-state index in [-0.39, 0.29) is 29.2 Å². The molecule has 0 unspecified atom stereocenters. The number of likely N-dealkylation sites (N-methyl/N-ethyl adjacent to an activating group) is 1. The van der Waals surface area contributed by atoms with Crippen LogP contribution in [0.2, 0.25) is 0 Å². The van der Waals surface area contributed by atoms with Gasteiger partial charge in [-0.25, -0.2) is 4.79 Å². The number of ether oxygens (including phenoxy) is 1. The zero-order valence-electron chi connectivity index (χ0n) is 16.6. The molecule has 150 valence electrons. The molecule has 2 aromatic carbocycles. The number of piperidine rings is 1. The third-order valence-corrected chi connectivity index (χ3v) is 5.50. The predicted molar refractivity (Wildman–Crippen MR) is 109 cm³/mol. The molecular formula is C23H29BrN2O2. The van der Waals surface area contributed by atoms with E-state index in [1.54, 1.807) is 0 Å². The van der Waals surface area contributed by atoms with E-state index in [1.165, 1.54) is 0 Å². The molecule has 0 aromatic heterocycles. The number of nitrogens with zero attached hydrogens (tertiary/aromatic N) is 1. The van der Waals surface area contributed by atoms with E-state index >= 15 is 0 Å². The van der Waals surface area contributed by atoms with Crippen LogP contribution in [0.25, 0.3) is 11.1 Å². The number of carbonyl (C=O) groups is 1. The van der Waals surface area contributed by atoms with Crippen molar-refractivity contribution in [3.05, 3.63) is 72.8 Å². The first-order valence-electron chi connectivity index (χ1n) is 9.52. The minimum atomic E-state index is -0.349. The van der Waals surface area contributed by atoms with E-state index in [0.717, 1.165) is 40.6 Å². The molecule has 0 bridgehead atoms. The number of amides is 1. The minimum absolute atomic E-state index is 0. The number of benzene rings is 2. The van der Waals surface area contributed by atoms with E-state index in [4.69, 9.17) is 4.74 Å². The Morgan fingerprint density at radius 1 is 1.18 bits per heavy atom. The largest absolute Gasteiger partial charge is 1.00 e. The lowest BCUT2D eigenvalue weighted by molar-refractivity contribution is -0.914. The Kier molecular flexibility index (Phi) is 7.84. The van der Waals surface area contributed by atoms with E-state index in [2.05, 4.69) is 44.2 Å². The molecule has 1 heterocycles. The number of nitrogens with one attached hydrogen (secondary N) is 1. The third-order valence-electron chi connectivity index (χ3n) is 5.50. The quantitative estimate of drug-likeness (QED) is 0.558. The molecular weight excluding hydrogens is 416 g/mol. The molecule has 1 N–H and O–H groups in total. The van der Waals surface area contributed by atoms with Crippen LogP contribution in [0.5, 0.6) is 0 Å². The van der Waals surface area contributed by atoms with Crippen molar-refractivity contribution in [3.63, 3.8) is 0 Å². The summed E-state index contributed by atoms with van der Waals surface area (Å²) in [5.74, 6) is 0. The Labute approximate surface area is 178 Å². The van der Waals surface area contributed by atoms with Crippen LogP contribution < -0.4 is 22.3 Å². The Hall–Kier alpha value is -2.11. The zero-order valence-corrected chi connectivity index (χ0v) is 18.2. The van der Waals surface area contributed by atoms with Crippen molar-refractivity contribution < 1.29 is 31.0 Å². The molecule has 28 heavy (non-hydrogen) atoms. The number of hydrogen-bond acceptors (Lipinski definition) is 2. The highest BCUT2D eigenvalue weighted by molar-refractivity contribution is 5.70. The van der Waals surface area contributed by atoms with Crippen molar-refractivity contribution in [2.24, 2.45) is 0 Å². The minimum Gasteiger partial charge on any atom is -1.00 e. The predicted octanol–water partition coefficient (Wildman–Crippen LogP) is 1.38. The van der Waals surface area contributed by atoms with Gasteiger partial charge in [0, 0.05) is 19.4 Å². The van der Waals surface area contributed by atoms with Crippen molar-refractivity contribution in [2.45, 2.75) is 31.5 Å². The topological polar surface area (TPSA) is 38.3 Å². The number of carbonyl (C=O) groups excluding carboxylic acids is 1. The Bertz CT molecular complexity index is 792. The van der Waals surface area contributed by atoms with Gasteiger partial charge in [-0.05, 0) is 22.8 Å². The Balaban J connectivity index is 0.00000280. The third kappa shape index (κ3) is 5.46. The molecule has 5 heteroatoms. The number of quaternary nitrogens is 1. The van der Waals surface area contributed by atoms with E-state index in [1.807, 2.05) is 42.5 Å². The summed E-state index contributed by atoms with van der Waals surface area (Å²) < 4.78 is 6.57. The van der Waals surface area contributed by atoms with Gasteiger partial charge in [-0.3, -0.25) is 0 Å². The molecule has 1 aliphatic heterocycles. The smallest absolute Gasteiger partial charge is 0.407 e. The van der Waals surface area contributed by atoms with Gasteiger partial charge < -0.3 is 31.5 Å². The maximum Gasteiger partial charge on any atom is 0.407 e. The highest BCUT2D eigenvalue weighted by Crippen LogP contribution is 2.25. The molecule has 0 aliphatic carbocycles. The molecule has 1 amide bonds. The number of likely N-dealkylation sites (tertiary alicyclic amines) is 1. The molecule has 2 aromatic rings. The van der Waals surface area contributed by atoms with Gasteiger partial charge in [-0.1, -0.05) is 61.2 Å². The fraction of sp³-hybridized carbons (Fsp3) is 0.348. The summed E-state index contributed by atoms with van der Waals surface area (Å²) in [4.78, 5) is 12.3. The molecule has 1 aliphatic rings. The Morgan fingerprint density at radius 3 is 2.57 bits per heavy atom. The van der Waals surface area contributed by atoms with Crippen LogP contribution in [0.3, 0.4) is 0 Å². The highest BCUT2D eigenvalue weighted by Gasteiger charge is 2.36. The average Bonchev–Trinajstić information content (AvgIpc) is 2.68. The second-order valence-electron chi connectivity index (χ2n) is 7.73. The number of hydrogen-bond donors (Lipinski definition) is 1. The van der Waals surface area contributed by atoms with Gasteiger partial charge in [0.2, 0.25) is 0 Å². The summed E-state index contributed by atoms with van der Waals surface area (Å²) in [5.41, 5.74) is 3.34. The van der Waals surface area contributed by atoms with Crippen molar-refractivity contribution >= 4 is 6.09 Å². The van der Waals surface area contributed by atoms with Crippen molar-refractivity contribution in [1.29, 1.82) is 0 Å². The lowest BCUT2D eigenvalue weighted by Crippen LogP contribution is -3.00. The van der Waals surface area contributed by atoms with Crippen LogP contribution >= 0.6 is 0 Å². The maximum absolute atomic E-state index is 12.3. The second kappa shape index (κ2) is 9.89. The number of rotatable bonds is 5. The molecule has 1 saturated heterocycles. The summed E-state index contributed by atoms with van der Waals surface area (Å²) in [6.07, 6.45) is 3.28. The number of alkyl carbamates (subject to hydrolysis) is 1.